The molecule has 1 heterocycles. The molecule has 1 aromatic rings. The first-order chi connectivity index (χ1) is 6.75. The molecule has 1 fully saturated rings. The fraction of sp³-hybridized carbons (Fsp3) is 0.500. The lowest BCUT2D eigenvalue weighted by Gasteiger charge is -2.15. The van der Waals surface area contributed by atoms with E-state index in [9.17, 15) is 0 Å². The average Bonchev–Trinajstić information content (AvgIpc) is 2.64. The van der Waals surface area contributed by atoms with Crippen molar-refractivity contribution >= 4 is 5.69 Å². The van der Waals surface area contributed by atoms with Crippen molar-refractivity contribution in [2.45, 2.75) is 26.3 Å². The Morgan fingerprint density at radius 3 is 2.93 bits per heavy atom. The maximum absolute atomic E-state index is 5.34. The van der Waals surface area contributed by atoms with Gasteiger partial charge in [0.2, 0.25) is 0 Å². The number of hydrogen-bond donors (Lipinski definition) is 1. The number of rotatable bonds is 2. The van der Waals surface area contributed by atoms with Crippen LogP contribution in [0.25, 0.3) is 0 Å². The summed E-state index contributed by atoms with van der Waals surface area (Å²) in [7, 11) is 0. The van der Waals surface area contributed by atoms with E-state index in [1.165, 1.54) is 16.8 Å². The highest BCUT2D eigenvalue weighted by Crippen LogP contribution is 2.19. The van der Waals surface area contributed by atoms with Crippen LogP contribution in [0.3, 0.4) is 0 Å². The molecular weight excluding hydrogens is 174 g/mol. The highest BCUT2D eigenvalue weighted by molar-refractivity contribution is 5.53. The van der Waals surface area contributed by atoms with Crippen LogP contribution in [-0.2, 0) is 4.74 Å². The van der Waals surface area contributed by atoms with Gasteiger partial charge in [-0.1, -0.05) is 12.1 Å². The molecule has 1 aromatic carbocycles. The number of hydrogen-bond acceptors (Lipinski definition) is 2. The van der Waals surface area contributed by atoms with Crippen molar-refractivity contribution in [1.29, 1.82) is 0 Å². The first-order valence-corrected chi connectivity index (χ1v) is 5.17. The van der Waals surface area contributed by atoms with Gasteiger partial charge in [-0.15, -0.1) is 0 Å². The molecule has 2 heteroatoms. The van der Waals surface area contributed by atoms with Crippen molar-refractivity contribution in [3.05, 3.63) is 29.3 Å². The molecule has 2 rings (SSSR count). The minimum absolute atomic E-state index is 0.496. The van der Waals surface area contributed by atoms with Gasteiger partial charge in [0.1, 0.15) is 0 Å². The molecule has 0 saturated carbocycles. The van der Waals surface area contributed by atoms with Crippen LogP contribution in [0.15, 0.2) is 18.2 Å². The van der Waals surface area contributed by atoms with Crippen LogP contribution in [0.5, 0.6) is 0 Å². The molecule has 2 nitrogen and oxygen atoms in total. The van der Waals surface area contributed by atoms with Gasteiger partial charge in [0.15, 0.2) is 0 Å². The quantitative estimate of drug-likeness (QED) is 0.775. The van der Waals surface area contributed by atoms with Crippen LogP contribution < -0.4 is 5.32 Å². The summed E-state index contributed by atoms with van der Waals surface area (Å²) in [5, 5.41) is 3.52. The summed E-state index contributed by atoms with van der Waals surface area (Å²) >= 11 is 0. The standard InChI is InChI=1S/C12H17NO/c1-9-3-4-10(2)12(7-9)13-11-5-6-14-8-11/h3-4,7,11,13H,5-6,8H2,1-2H3. The zero-order valence-corrected chi connectivity index (χ0v) is 8.84. The molecule has 0 bridgehead atoms. The van der Waals surface area contributed by atoms with Crippen molar-refractivity contribution in [1.82, 2.24) is 0 Å². The normalized spacial score (nSPS) is 21.1. The van der Waals surface area contributed by atoms with Crippen molar-refractivity contribution in [3.8, 4) is 0 Å². The van der Waals surface area contributed by atoms with Gasteiger partial charge in [-0.3, -0.25) is 0 Å². The number of benzene rings is 1. The fourth-order valence-corrected chi connectivity index (χ4v) is 1.76. The van der Waals surface area contributed by atoms with E-state index >= 15 is 0 Å². The Labute approximate surface area is 85.3 Å². The van der Waals surface area contributed by atoms with Gasteiger partial charge in [-0.05, 0) is 37.5 Å². The molecule has 1 atom stereocenters. The van der Waals surface area contributed by atoms with Gasteiger partial charge in [-0.25, -0.2) is 0 Å². The number of ether oxygens (including phenoxy) is 1. The second-order valence-corrected chi connectivity index (χ2v) is 4.02. The molecule has 76 valence electrons. The lowest BCUT2D eigenvalue weighted by molar-refractivity contribution is 0.195. The predicted molar refractivity (Wildman–Crippen MR) is 58.8 cm³/mol. The van der Waals surface area contributed by atoms with Crippen LogP contribution in [-0.4, -0.2) is 19.3 Å². The van der Waals surface area contributed by atoms with E-state index in [2.05, 4.69) is 37.4 Å². The Hall–Kier alpha value is -1.02. The molecule has 1 unspecified atom stereocenters. The van der Waals surface area contributed by atoms with Crippen LogP contribution in [0.4, 0.5) is 5.69 Å². The minimum atomic E-state index is 0.496. The van der Waals surface area contributed by atoms with Crippen LogP contribution in [0.2, 0.25) is 0 Å². The Morgan fingerprint density at radius 1 is 1.36 bits per heavy atom. The minimum Gasteiger partial charge on any atom is -0.380 e. The van der Waals surface area contributed by atoms with Gasteiger partial charge in [0.25, 0.3) is 0 Å². The van der Waals surface area contributed by atoms with E-state index in [0.717, 1.165) is 19.6 Å². The molecule has 1 aliphatic heterocycles. The molecule has 1 saturated heterocycles. The summed E-state index contributed by atoms with van der Waals surface area (Å²) in [5.74, 6) is 0. The summed E-state index contributed by atoms with van der Waals surface area (Å²) in [6, 6.07) is 7.00. The summed E-state index contributed by atoms with van der Waals surface area (Å²) in [6.45, 7) is 5.99. The molecule has 1 aliphatic rings. The predicted octanol–water partition coefficient (Wildman–Crippen LogP) is 2.50. The molecule has 0 amide bonds. The summed E-state index contributed by atoms with van der Waals surface area (Å²) in [6.07, 6.45) is 1.12. The summed E-state index contributed by atoms with van der Waals surface area (Å²) < 4.78 is 5.34. The van der Waals surface area contributed by atoms with Gasteiger partial charge in [-0.2, -0.15) is 0 Å². The third-order valence-corrected chi connectivity index (χ3v) is 2.68. The Kier molecular flexibility index (Phi) is 2.73. The Morgan fingerprint density at radius 2 is 2.21 bits per heavy atom. The zero-order valence-electron chi connectivity index (χ0n) is 8.84. The van der Waals surface area contributed by atoms with Gasteiger partial charge in [0.05, 0.1) is 12.6 Å². The third kappa shape index (κ3) is 2.07. The van der Waals surface area contributed by atoms with Crippen LogP contribution >= 0.6 is 0 Å². The van der Waals surface area contributed by atoms with Crippen molar-refractivity contribution in [2.75, 3.05) is 18.5 Å². The van der Waals surface area contributed by atoms with Gasteiger partial charge in [0, 0.05) is 12.3 Å². The second kappa shape index (κ2) is 4.01. The molecular formula is C12H17NO. The van der Waals surface area contributed by atoms with Gasteiger partial charge < -0.3 is 10.1 Å². The monoisotopic (exact) mass is 191 g/mol. The molecule has 14 heavy (non-hydrogen) atoms. The first kappa shape index (κ1) is 9.53. The lowest BCUT2D eigenvalue weighted by Crippen LogP contribution is -2.19. The molecule has 0 spiro atoms. The smallest absolute Gasteiger partial charge is 0.0668 e. The number of nitrogens with one attached hydrogen (secondary N) is 1. The first-order valence-electron chi connectivity index (χ1n) is 5.17. The third-order valence-electron chi connectivity index (χ3n) is 2.68. The fourth-order valence-electron chi connectivity index (χ4n) is 1.76. The maximum atomic E-state index is 5.34. The van der Waals surface area contributed by atoms with Crippen LogP contribution in [0.1, 0.15) is 17.5 Å². The Balaban J connectivity index is 2.10. The average molecular weight is 191 g/mol. The Bertz CT molecular complexity index is 316. The number of anilines is 1. The molecule has 0 aliphatic carbocycles. The highest BCUT2D eigenvalue weighted by Gasteiger charge is 2.15. The van der Waals surface area contributed by atoms with E-state index in [-0.39, 0.29) is 0 Å². The summed E-state index contributed by atoms with van der Waals surface area (Å²) in [4.78, 5) is 0. The molecule has 0 aromatic heterocycles. The van der Waals surface area contributed by atoms with Crippen molar-refractivity contribution in [2.24, 2.45) is 0 Å². The lowest BCUT2D eigenvalue weighted by atomic mass is 10.1. The SMILES string of the molecule is Cc1ccc(C)c(NC2CCOC2)c1. The van der Waals surface area contributed by atoms with Crippen molar-refractivity contribution in [3.63, 3.8) is 0 Å². The van der Waals surface area contributed by atoms with Crippen molar-refractivity contribution < 1.29 is 4.74 Å². The zero-order chi connectivity index (χ0) is 9.97. The van der Waals surface area contributed by atoms with E-state index in [4.69, 9.17) is 4.74 Å². The van der Waals surface area contributed by atoms with E-state index < -0.39 is 0 Å². The molecule has 0 radical (unpaired) electrons. The maximum Gasteiger partial charge on any atom is 0.0668 e. The largest absolute Gasteiger partial charge is 0.380 e. The molecule has 1 N–H and O–H groups in total. The van der Waals surface area contributed by atoms with Gasteiger partial charge >= 0.3 is 0 Å². The van der Waals surface area contributed by atoms with E-state index in [1.807, 2.05) is 0 Å². The topological polar surface area (TPSA) is 21.3 Å². The van der Waals surface area contributed by atoms with E-state index in [0.29, 0.717) is 6.04 Å². The van der Waals surface area contributed by atoms with Crippen LogP contribution in [0, 0.1) is 13.8 Å². The second-order valence-electron chi connectivity index (χ2n) is 4.02. The van der Waals surface area contributed by atoms with E-state index in [1.54, 1.807) is 0 Å². The number of aryl methyl sites for hydroxylation is 2. The highest BCUT2D eigenvalue weighted by atomic mass is 16.5. The summed E-state index contributed by atoms with van der Waals surface area (Å²) in [5.41, 5.74) is 3.86.